The highest BCUT2D eigenvalue weighted by Crippen LogP contribution is 2.61. The highest BCUT2D eigenvalue weighted by atomic mass is 16.2. The Morgan fingerprint density at radius 2 is 1.59 bits per heavy atom. The lowest BCUT2D eigenvalue weighted by Gasteiger charge is -2.59. The molecule has 0 radical (unpaired) electrons. The number of aromatic amines is 1. The number of nitrogens with one attached hydrogen (secondary N) is 2. The van der Waals surface area contributed by atoms with Gasteiger partial charge in [-0.3, -0.25) is 9.59 Å². The molecule has 4 aliphatic carbocycles. The minimum atomic E-state index is -0.528. The van der Waals surface area contributed by atoms with Crippen molar-refractivity contribution in [3.8, 4) is 0 Å². The molecular weight excluding hydrogens is 482 g/mol. The third-order valence-electron chi connectivity index (χ3n) is 10.6. The molecule has 1 aromatic heterocycles. The monoisotopic (exact) mass is 523 g/mol. The highest BCUT2D eigenvalue weighted by Gasteiger charge is 2.54. The average Bonchev–Trinajstić information content (AvgIpc) is 3.45. The minimum Gasteiger partial charge on any atom is -0.361 e. The zero-order valence-electron chi connectivity index (χ0n) is 23.5. The Morgan fingerprint density at radius 3 is 2.28 bits per heavy atom. The summed E-state index contributed by atoms with van der Waals surface area (Å²) in [7, 11) is 0. The van der Waals surface area contributed by atoms with Crippen LogP contribution in [0.2, 0.25) is 0 Å². The first kappa shape index (κ1) is 24.9. The van der Waals surface area contributed by atoms with Gasteiger partial charge in [0.05, 0.1) is 6.04 Å². The quantitative estimate of drug-likeness (QED) is 0.356. The Hall–Kier alpha value is -3.08. The first-order valence-corrected chi connectivity index (χ1v) is 15.1. The summed E-state index contributed by atoms with van der Waals surface area (Å²) in [5.74, 6) is 2.76. The van der Waals surface area contributed by atoms with Crippen LogP contribution in [0.25, 0.3) is 10.9 Å². The molecule has 1 aliphatic heterocycles. The number of rotatable bonds is 7. The van der Waals surface area contributed by atoms with Gasteiger partial charge in [-0.25, -0.2) is 0 Å². The molecule has 5 nitrogen and oxygen atoms in total. The lowest BCUT2D eigenvalue weighted by molar-refractivity contribution is -0.131. The number of amides is 2. The third-order valence-corrected chi connectivity index (χ3v) is 10.6. The number of hydrogen-bond acceptors (Lipinski definition) is 2. The topological polar surface area (TPSA) is 65.2 Å². The molecule has 5 heteroatoms. The lowest BCUT2D eigenvalue weighted by atomic mass is 9.48. The van der Waals surface area contributed by atoms with Gasteiger partial charge in [0.15, 0.2) is 0 Å². The molecule has 5 aliphatic rings. The summed E-state index contributed by atoms with van der Waals surface area (Å²) in [6.07, 6.45) is 10.6. The van der Waals surface area contributed by atoms with Crippen molar-refractivity contribution < 1.29 is 9.59 Å². The number of carbonyl (C=O) groups is 2. The second-order valence-electron chi connectivity index (χ2n) is 13.6. The van der Waals surface area contributed by atoms with Crippen molar-refractivity contribution in [3.63, 3.8) is 0 Å². The summed E-state index contributed by atoms with van der Waals surface area (Å²) in [4.78, 5) is 33.8. The van der Waals surface area contributed by atoms with E-state index < -0.39 is 6.04 Å². The molecule has 204 valence electrons. The molecule has 2 N–H and O–H groups in total. The van der Waals surface area contributed by atoms with Gasteiger partial charge in [-0.15, -0.1) is 0 Å². The van der Waals surface area contributed by atoms with Crippen molar-refractivity contribution in [3.05, 3.63) is 71.4 Å². The van der Waals surface area contributed by atoms with E-state index in [1.54, 1.807) is 0 Å². The van der Waals surface area contributed by atoms with E-state index in [0.29, 0.717) is 12.0 Å². The summed E-state index contributed by atoms with van der Waals surface area (Å²) in [5, 5.41) is 4.63. The van der Waals surface area contributed by atoms with Crippen LogP contribution in [0.4, 0.5) is 0 Å². The molecule has 2 amide bonds. The Labute approximate surface area is 231 Å². The molecule has 8 rings (SSSR count). The van der Waals surface area contributed by atoms with Crippen molar-refractivity contribution in [2.24, 2.45) is 29.1 Å². The van der Waals surface area contributed by atoms with Crippen LogP contribution in [0.3, 0.4) is 0 Å². The SMILES string of the molecule is CC(C)CC(C(=O)NC(C)C12CC3CC(CC(C3)C1)C2)N1C(=O)c2ccccc2C1c1c[nH]c2ccccc12. The van der Waals surface area contributed by atoms with Gasteiger partial charge in [-0.2, -0.15) is 0 Å². The van der Waals surface area contributed by atoms with Gasteiger partial charge >= 0.3 is 0 Å². The van der Waals surface area contributed by atoms with Crippen LogP contribution in [0.5, 0.6) is 0 Å². The summed E-state index contributed by atoms with van der Waals surface area (Å²) >= 11 is 0. The van der Waals surface area contributed by atoms with E-state index in [9.17, 15) is 9.59 Å². The van der Waals surface area contributed by atoms with E-state index in [2.05, 4.69) is 49.3 Å². The molecule has 4 fully saturated rings. The molecule has 4 saturated carbocycles. The first-order chi connectivity index (χ1) is 18.8. The van der Waals surface area contributed by atoms with Crippen LogP contribution >= 0.6 is 0 Å². The summed E-state index contributed by atoms with van der Waals surface area (Å²) < 4.78 is 0. The number of aromatic nitrogens is 1. The fourth-order valence-corrected chi connectivity index (χ4v) is 9.26. The number of benzene rings is 2. The fraction of sp³-hybridized carbons (Fsp3) is 0.529. The first-order valence-electron chi connectivity index (χ1n) is 15.1. The van der Waals surface area contributed by atoms with Crippen LogP contribution < -0.4 is 5.32 Å². The van der Waals surface area contributed by atoms with Crippen molar-refractivity contribution in [2.75, 3.05) is 0 Å². The average molecular weight is 524 g/mol. The number of nitrogens with zero attached hydrogens (tertiary/aromatic N) is 1. The van der Waals surface area contributed by atoms with E-state index >= 15 is 0 Å². The van der Waals surface area contributed by atoms with Crippen LogP contribution in [0.1, 0.15) is 93.2 Å². The van der Waals surface area contributed by atoms with Gasteiger partial charge in [0, 0.05) is 34.3 Å². The number of hydrogen-bond donors (Lipinski definition) is 2. The molecule has 2 aromatic carbocycles. The summed E-state index contributed by atoms with van der Waals surface area (Å²) in [6.45, 7) is 6.55. The zero-order chi connectivity index (χ0) is 26.9. The Morgan fingerprint density at radius 1 is 0.949 bits per heavy atom. The maximum absolute atomic E-state index is 14.3. The smallest absolute Gasteiger partial charge is 0.255 e. The second-order valence-corrected chi connectivity index (χ2v) is 13.6. The number of para-hydroxylation sites is 1. The number of H-pyrrole nitrogens is 1. The normalized spacial score (nSPS) is 30.7. The molecule has 3 atom stereocenters. The van der Waals surface area contributed by atoms with Gasteiger partial charge in [-0.05, 0) is 98.7 Å². The summed E-state index contributed by atoms with van der Waals surface area (Å²) in [5.41, 5.74) is 4.02. The van der Waals surface area contributed by atoms with Gasteiger partial charge < -0.3 is 15.2 Å². The zero-order valence-corrected chi connectivity index (χ0v) is 23.5. The van der Waals surface area contributed by atoms with Gasteiger partial charge in [0.1, 0.15) is 6.04 Å². The van der Waals surface area contributed by atoms with E-state index in [0.717, 1.165) is 39.8 Å². The standard InChI is InChI=1S/C34H41N3O2/c1-20(2)12-30(32(38)36-21(3)34-16-22-13-23(17-34)15-24(14-22)18-34)37-31(26-9-4-5-10-27(26)33(37)39)28-19-35-29-11-7-6-8-25(28)29/h4-11,19-24,30-31,35H,12-18H2,1-3H3,(H,36,38). The largest absolute Gasteiger partial charge is 0.361 e. The highest BCUT2D eigenvalue weighted by molar-refractivity contribution is 6.03. The second kappa shape index (κ2) is 9.25. The summed E-state index contributed by atoms with van der Waals surface area (Å²) in [6, 6.07) is 15.4. The van der Waals surface area contributed by atoms with Crippen molar-refractivity contribution in [2.45, 2.75) is 83.8 Å². The van der Waals surface area contributed by atoms with Crippen molar-refractivity contribution in [1.29, 1.82) is 0 Å². The van der Waals surface area contributed by atoms with Crippen LogP contribution in [-0.4, -0.2) is 33.8 Å². The molecule has 0 saturated heterocycles. The lowest BCUT2D eigenvalue weighted by Crippen LogP contribution is -2.58. The van der Waals surface area contributed by atoms with Crippen LogP contribution in [0.15, 0.2) is 54.7 Å². The fourth-order valence-electron chi connectivity index (χ4n) is 9.26. The van der Waals surface area contributed by atoms with Crippen LogP contribution in [0, 0.1) is 29.1 Å². The maximum Gasteiger partial charge on any atom is 0.255 e. The molecular formula is C34H41N3O2. The van der Waals surface area contributed by atoms with Gasteiger partial charge in [0.25, 0.3) is 5.91 Å². The predicted octanol–water partition coefficient (Wildman–Crippen LogP) is 6.85. The van der Waals surface area contributed by atoms with E-state index in [4.69, 9.17) is 0 Å². The third kappa shape index (κ3) is 4.03. The Bertz CT molecular complexity index is 1390. The molecule has 2 heterocycles. The maximum atomic E-state index is 14.3. The minimum absolute atomic E-state index is 0.0120. The van der Waals surface area contributed by atoms with Crippen LogP contribution in [-0.2, 0) is 4.79 Å². The molecule has 4 bridgehead atoms. The van der Waals surface area contributed by atoms with Crippen molar-refractivity contribution in [1.82, 2.24) is 15.2 Å². The predicted molar refractivity (Wildman–Crippen MR) is 154 cm³/mol. The van der Waals surface area contributed by atoms with E-state index in [-0.39, 0.29) is 35.2 Å². The molecule has 39 heavy (non-hydrogen) atoms. The van der Waals surface area contributed by atoms with E-state index in [1.165, 1.54) is 38.5 Å². The Kier molecular flexibility index (Phi) is 5.91. The number of fused-ring (bicyclic) bond motifs is 2. The van der Waals surface area contributed by atoms with Gasteiger partial charge in [-0.1, -0.05) is 50.2 Å². The van der Waals surface area contributed by atoms with Gasteiger partial charge in [0.2, 0.25) is 5.91 Å². The molecule has 3 unspecified atom stereocenters. The number of carbonyl (C=O) groups excluding carboxylic acids is 2. The molecule has 3 aromatic rings. The molecule has 0 spiro atoms. The van der Waals surface area contributed by atoms with Crippen molar-refractivity contribution >= 4 is 22.7 Å². The Balaban J connectivity index is 1.24. The van der Waals surface area contributed by atoms with E-state index in [1.807, 2.05) is 41.4 Å².